The van der Waals surface area contributed by atoms with Crippen LogP contribution in [0.2, 0.25) is 0 Å². The van der Waals surface area contributed by atoms with Crippen molar-refractivity contribution in [2.24, 2.45) is 0 Å². The SMILES string of the molecule is C=CC[C@H](NC(=O)OC(C)(C)C)C(=O)N1CCN(C(=O)OCC)CC1. The van der Waals surface area contributed by atoms with Gasteiger partial charge in [-0.05, 0) is 34.1 Å². The molecule has 142 valence electrons. The highest BCUT2D eigenvalue weighted by atomic mass is 16.6. The highest BCUT2D eigenvalue weighted by Crippen LogP contribution is 2.10. The van der Waals surface area contributed by atoms with Crippen LogP contribution in [0.4, 0.5) is 9.59 Å². The largest absolute Gasteiger partial charge is 0.450 e. The molecule has 1 saturated heterocycles. The van der Waals surface area contributed by atoms with Crippen LogP contribution >= 0.6 is 0 Å². The lowest BCUT2D eigenvalue weighted by molar-refractivity contribution is -0.135. The Balaban J connectivity index is 2.60. The van der Waals surface area contributed by atoms with E-state index in [-0.39, 0.29) is 12.0 Å². The Morgan fingerprint density at radius 2 is 1.72 bits per heavy atom. The van der Waals surface area contributed by atoms with Crippen molar-refractivity contribution in [1.82, 2.24) is 15.1 Å². The van der Waals surface area contributed by atoms with Gasteiger partial charge in [0.2, 0.25) is 5.91 Å². The fraction of sp³-hybridized carbons (Fsp3) is 0.706. The fourth-order valence-electron chi connectivity index (χ4n) is 2.38. The molecule has 1 rings (SSSR count). The van der Waals surface area contributed by atoms with Gasteiger partial charge >= 0.3 is 12.2 Å². The molecule has 0 saturated carbocycles. The maximum Gasteiger partial charge on any atom is 0.409 e. The normalized spacial score (nSPS) is 16.0. The minimum Gasteiger partial charge on any atom is -0.450 e. The van der Waals surface area contributed by atoms with Gasteiger partial charge in [-0.15, -0.1) is 6.58 Å². The number of carbonyl (C=O) groups excluding carboxylic acids is 3. The van der Waals surface area contributed by atoms with E-state index in [1.165, 1.54) is 0 Å². The highest BCUT2D eigenvalue weighted by Gasteiger charge is 2.30. The number of alkyl carbamates (subject to hydrolysis) is 1. The summed E-state index contributed by atoms with van der Waals surface area (Å²) in [5.74, 6) is -0.214. The first kappa shape index (κ1) is 20.8. The number of hydrogen-bond donors (Lipinski definition) is 1. The van der Waals surface area contributed by atoms with Crippen LogP contribution in [0.1, 0.15) is 34.1 Å². The number of piperazine rings is 1. The molecule has 0 aliphatic carbocycles. The molecule has 0 bridgehead atoms. The first-order chi connectivity index (χ1) is 11.7. The number of nitrogens with zero attached hydrogens (tertiary/aromatic N) is 2. The van der Waals surface area contributed by atoms with Crippen LogP contribution < -0.4 is 5.32 Å². The molecule has 1 aliphatic heterocycles. The van der Waals surface area contributed by atoms with Gasteiger partial charge in [-0.1, -0.05) is 6.08 Å². The van der Waals surface area contributed by atoms with Gasteiger partial charge < -0.3 is 24.6 Å². The number of rotatable bonds is 5. The molecule has 1 N–H and O–H groups in total. The zero-order valence-corrected chi connectivity index (χ0v) is 15.5. The smallest absolute Gasteiger partial charge is 0.409 e. The molecule has 8 nitrogen and oxygen atoms in total. The Hall–Kier alpha value is -2.25. The highest BCUT2D eigenvalue weighted by molar-refractivity contribution is 5.86. The molecule has 0 aromatic carbocycles. The van der Waals surface area contributed by atoms with Crippen molar-refractivity contribution in [3.63, 3.8) is 0 Å². The van der Waals surface area contributed by atoms with Gasteiger partial charge in [0.15, 0.2) is 0 Å². The van der Waals surface area contributed by atoms with Crippen LogP contribution in [-0.2, 0) is 14.3 Å². The minimum absolute atomic E-state index is 0.214. The van der Waals surface area contributed by atoms with Crippen LogP contribution in [0, 0.1) is 0 Å². The van der Waals surface area contributed by atoms with E-state index in [1.54, 1.807) is 43.6 Å². The standard InChI is InChI=1S/C17H29N3O5/c1-6-8-13(18-15(22)25-17(3,4)5)14(21)19-9-11-20(12-10-19)16(23)24-7-2/h6,13H,1,7-12H2,2-5H3,(H,18,22)/t13-/m0/s1. The van der Waals surface area contributed by atoms with Gasteiger partial charge in [0.25, 0.3) is 0 Å². The van der Waals surface area contributed by atoms with Crippen molar-refractivity contribution in [3.8, 4) is 0 Å². The molecule has 1 fully saturated rings. The number of ether oxygens (including phenoxy) is 2. The summed E-state index contributed by atoms with van der Waals surface area (Å²) in [6.07, 6.45) is 0.868. The van der Waals surface area contributed by atoms with Gasteiger partial charge in [0.1, 0.15) is 11.6 Å². The first-order valence-corrected chi connectivity index (χ1v) is 8.48. The van der Waals surface area contributed by atoms with Gasteiger partial charge in [-0.2, -0.15) is 0 Å². The molecule has 0 aromatic heterocycles. The van der Waals surface area contributed by atoms with Crippen LogP contribution in [0.15, 0.2) is 12.7 Å². The van der Waals surface area contributed by atoms with E-state index < -0.39 is 17.7 Å². The lowest BCUT2D eigenvalue weighted by Gasteiger charge is -2.35. The van der Waals surface area contributed by atoms with Gasteiger partial charge in [0, 0.05) is 26.2 Å². The van der Waals surface area contributed by atoms with E-state index in [0.29, 0.717) is 39.2 Å². The third-order valence-electron chi connectivity index (χ3n) is 3.51. The third-order valence-corrected chi connectivity index (χ3v) is 3.51. The van der Waals surface area contributed by atoms with Crippen LogP contribution in [0.3, 0.4) is 0 Å². The Morgan fingerprint density at radius 1 is 1.16 bits per heavy atom. The van der Waals surface area contributed by atoms with Crippen molar-refractivity contribution in [2.75, 3.05) is 32.8 Å². The lowest BCUT2D eigenvalue weighted by Crippen LogP contribution is -2.56. The third kappa shape index (κ3) is 7.03. The summed E-state index contributed by atoms with van der Waals surface area (Å²) in [6.45, 7) is 12.5. The molecule has 0 unspecified atom stereocenters. The average molecular weight is 355 g/mol. The zero-order valence-electron chi connectivity index (χ0n) is 15.5. The molecule has 1 atom stereocenters. The molecule has 1 heterocycles. The fourth-order valence-corrected chi connectivity index (χ4v) is 2.38. The molecule has 25 heavy (non-hydrogen) atoms. The summed E-state index contributed by atoms with van der Waals surface area (Å²) < 4.78 is 10.2. The van der Waals surface area contributed by atoms with Crippen molar-refractivity contribution in [3.05, 3.63) is 12.7 Å². The van der Waals surface area contributed by atoms with Gasteiger partial charge in [-0.25, -0.2) is 9.59 Å². The van der Waals surface area contributed by atoms with E-state index in [2.05, 4.69) is 11.9 Å². The maximum absolute atomic E-state index is 12.7. The van der Waals surface area contributed by atoms with E-state index in [9.17, 15) is 14.4 Å². The van der Waals surface area contributed by atoms with E-state index in [1.807, 2.05) is 0 Å². The van der Waals surface area contributed by atoms with E-state index in [0.717, 1.165) is 0 Å². The minimum atomic E-state index is -0.735. The maximum atomic E-state index is 12.7. The number of carbonyl (C=O) groups is 3. The van der Waals surface area contributed by atoms with Crippen molar-refractivity contribution >= 4 is 18.1 Å². The van der Waals surface area contributed by atoms with Crippen molar-refractivity contribution in [1.29, 1.82) is 0 Å². The van der Waals surface area contributed by atoms with Gasteiger partial charge in [0.05, 0.1) is 6.61 Å². The Bertz CT molecular complexity index is 493. The predicted octanol–water partition coefficient (Wildman–Crippen LogP) is 1.76. The molecule has 0 aromatic rings. The number of amides is 3. The van der Waals surface area contributed by atoms with Crippen LogP contribution in [0.5, 0.6) is 0 Å². The number of hydrogen-bond acceptors (Lipinski definition) is 5. The number of nitrogens with one attached hydrogen (secondary N) is 1. The second-order valence-electron chi connectivity index (χ2n) is 6.73. The average Bonchev–Trinajstić information content (AvgIpc) is 2.52. The Morgan fingerprint density at radius 3 is 2.20 bits per heavy atom. The summed E-state index contributed by atoms with van der Waals surface area (Å²) in [5, 5.41) is 2.60. The summed E-state index contributed by atoms with van der Waals surface area (Å²) in [4.78, 5) is 39.5. The van der Waals surface area contributed by atoms with Gasteiger partial charge in [-0.3, -0.25) is 4.79 Å². The summed E-state index contributed by atoms with van der Waals surface area (Å²) in [7, 11) is 0. The topological polar surface area (TPSA) is 88.2 Å². The molecule has 8 heteroatoms. The van der Waals surface area contributed by atoms with Crippen molar-refractivity contribution < 1.29 is 23.9 Å². The monoisotopic (exact) mass is 355 g/mol. The molecule has 0 spiro atoms. The molecule has 0 radical (unpaired) electrons. The molecular weight excluding hydrogens is 326 g/mol. The summed E-state index contributed by atoms with van der Waals surface area (Å²) in [6, 6.07) is -0.735. The molecule has 3 amide bonds. The molecule has 1 aliphatic rings. The second kappa shape index (κ2) is 9.29. The lowest BCUT2D eigenvalue weighted by atomic mass is 10.1. The van der Waals surface area contributed by atoms with E-state index in [4.69, 9.17) is 9.47 Å². The zero-order chi connectivity index (χ0) is 19.0. The van der Waals surface area contributed by atoms with Crippen molar-refractivity contribution in [2.45, 2.75) is 45.8 Å². The second-order valence-corrected chi connectivity index (χ2v) is 6.73. The predicted molar refractivity (Wildman–Crippen MR) is 93.1 cm³/mol. The van der Waals surface area contributed by atoms with Crippen LogP contribution in [-0.4, -0.2) is 72.3 Å². The van der Waals surface area contributed by atoms with Crippen LogP contribution in [0.25, 0.3) is 0 Å². The summed E-state index contributed by atoms with van der Waals surface area (Å²) in [5.41, 5.74) is -0.642. The quantitative estimate of drug-likeness (QED) is 0.759. The summed E-state index contributed by atoms with van der Waals surface area (Å²) >= 11 is 0. The Labute approximate surface area is 149 Å². The first-order valence-electron chi connectivity index (χ1n) is 8.48. The molecular formula is C17H29N3O5. The Kier molecular flexibility index (Phi) is 7.73. The van der Waals surface area contributed by atoms with E-state index >= 15 is 0 Å².